The van der Waals surface area contributed by atoms with Crippen LogP contribution >= 0.6 is 24.0 Å². The van der Waals surface area contributed by atoms with Crippen LogP contribution in [-0.4, -0.2) is 44.3 Å². The minimum Gasteiger partial charge on any atom is -0.487 e. The fourth-order valence-corrected chi connectivity index (χ4v) is 3.06. The third-order valence-electron chi connectivity index (χ3n) is 4.27. The number of hydrogen-bond acceptors (Lipinski definition) is 4. The van der Waals surface area contributed by atoms with Crippen molar-refractivity contribution in [3.8, 4) is 5.75 Å². The zero-order chi connectivity index (χ0) is 17.3. The fraction of sp³-hybridized carbons (Fsp3) is 0.400. The second kappa shape index (κ2) is 11.4. The summed E-state index contributed by atoms with van der Waals surface area (Å²) in [4.78, 5) is 2.42. The molecule has 1 heterocycles. The summed E-state index contributed by atoms with van der Waals surface area (Å²) in [6, 6.07) is 16.1. The highest BCUT2D eigenvalue weighted by Gasteiger charge is 2.09. The molecule has 26 heavy (non-hydrogen) atoms. The maximum Gasteiger partial charge on any atom is 0.138 e. The number of halogens is 2. The van der Waals surface area contributed by atoms with Crippen LogP contribution in [0, 0.1) is 0 Å². The van der Waals surface area contributed by atoms with E-state index in [1.165, 1.54) is 5.56 Å². The topological polar surface area (TPSA) is 33.7 Å². The third kappa shape index (κ3) is 6.78. The highest BCUT2D eigenvalue weighted by Crippen LogP contribution is 2.26. The monoisotopic (exact) mass is 396 g/mol. The van der Waals surface area contributed by atoms with Gasteiger partial charge in [-0.25, -0.2) is 0 Å². The summed E-state index contributed by atoms with van der Waals surface area (Å²) in [6.07, 6.45) is 0. The summed E-state index contributed by atoms with van der Waals surface area (Å²) < 4.78 is 11.2. The van der Waals surface area contributed by atoms with Gasteiger partial charge in [0.15, 0.2) is 0 Å². The zero-order valence-corrected chi connectivity index (χ0v) is 16.4. The number of nitrogens with one attached hydrogen (secondary N) is 1. The average molecular weight is 397 g/mol. The van der Waals surface area contributed by atoms with Gasteiger partial charge in [0.05, 0.1) is 18.2 Å². The predicted octanol–water partition coefficient (Wildman–Crippen LogP) is 3.76. The average Bonchev–Trinajstić information content (AvgIpc) is 2.66. The van der Waals surface area contributed by atoms with E-state index in [0.29, 0.717) is 11.6 Å². The van der Waals surface area contributed by atoms with Gasteiger partial charge in [-0.3, -0.25) is 4.90 Å². The van der Waals surface area contributed by atoms with Crippen molar-refractivity contribution in [3.05, 3.63) is 64.7 Å². The summed E-state index contributed by atoms with van der Waals surface area (Å²) >= 11 is 6.36. The van der Waals surface area contributed by atoms with Crippen LogP contribution in [0.3, 0.4) is 0 Å². The normalized spacial score (nSPS) is 14.7. The summed E-state index contributed by atoms with van der Waals surface area (Å²) in [5.41, 5.74) is 2.30. The molecule has 0 spiro atoms. The molecular weight excluding hydrogens is 371 g/mol. The SMILES string of the molecule is Cl.Clc1cc(CNCCN2CCOCC2)ccc1OCc1ccccc1. The number of nitrogens with zero attached hydrogens (tertiary/aromatic N) is 1. The summed E-state index contributed by atoms with van der Waals surface area (Å²) in [5, 5.41) is 4.13. The lowest BCUT2D eigenvalue weighted by Crippen LogP contribution is -2.40. The van der Waals surface area contributed by atoms with E-state index in [2.05, 4.69) is 16.3 Å². The van der Waals surface area contributed by atoms with Crippen LogP contribution in [0.1, 0.15) is 11.1 Å². The van der Waals surface area contributed by atoms with Gasteiger partial charge in [0.2, 0.25) is 0 Å². The fourth-order valence-electron chi connectivity index (χ4n) is 2.80. The molecule has 0 radical (unpaired) electrons. The van der Waals surface area contributed by atoms with E-state index >= 15 is 0 Å². The van der Waals surface area contributed by atoms with Crippen LogP contribution in [0.25, 0.3) is 0 Å². The molecule has 1 aliphatic rings. The number of benzene rings is 2. The van der Waals surface area contributed by atoms with E-state index in [1.54, 1.807) is 0 Å². The molecule has 1 fully saturated rings. The van der Waals surface area contributed by atoms with Crippen LogP contribution in [0.4, 0.5) is 0 Å². The molecule has 1 N–H and O–H groups in total. The third-order valence-corrected chi connectivity index (χ3v) is 4.57. The predicted molar refractivity (Wildman–Crippen MR) is 108 cm³/mol. The van der Waals surface area contributed by atoms with Gasteiger partial charge in [-0.15, -0.1) is 12.4 Å². The molecule has 6 heteroatoms. The minimum atomic E-state index is 0. The van der Waals surface area contributed by atoms with E-state index in [-0.39, 0.29) is 12.4 Å². The molecule has 3 rings (SSSR count). The summed E-state index contributed by atoms with van der Waals surface area (Å²) in [5.74, 6) is 0.725. The van der Waals surface area contributed by atoms with Crippen LogP contribution in [0.15, 0.2) is 48.5 Å². The van der Waals surface area contributed by atoms with E-state index in [1.807, 2.05) is 42.5 Å². The second-order valence-electron chi connectivity index (χ2n) is 6.17. The molecule has 4 nitrogen and oxygen atoms in total. The van der Waals surface area contributed by atoms with Crippen molar-refractivity contribution in [2.24, 2.45) is 0 Å². The first-order valence-corrected chi connectivity index (χ1v) is 9.15. The Morgan fingerprint density at radius 1 is 1.04 bits per heavy atom. The molecule has 0 saturated carbocycles. The van der Waals surface area contributed by atoms with Crippen molar-refractivity contribution in [2.45, 2.75) is 13.2 Å². The molecule has 1 saturated heterocycles. The lowest BCUT2D eigenvalue weighted by Gasteiger charge is -2.26. The number of ether oxygens (including phenoxy) is 2. The van der Waals surface area contributed by atoms with E-state index in [4.69, 9.17) is 21.1 Å². The van der Waals surface area contributed by atoms with Crippen LogP contribution < -0.4 is 10.1 Å². The molecule has 0 unspecified atom stereocenters. The summed E-state index contributed by atoms with van der Waals surface area (Å²) in [6.45, 7) is 7.10. The van der Waals surface area contributed by atoms with Crippen LogP contribution in [-0.2, 0) is 17.9 Å². The van der Waals surface area contributed by atoms with Crippen molar-refractivity contribution in [3.63, 3.8) is 0 Å². The van der Waals surface area contributed by atoms with E-state index in [0.717, 1.165) is 57.3 Å². The van der Waals surface area contributed by atoms with Gasteiger partial charge >= 0.3 is 0 Å². The maximum absolute atomic E-state index is 6.36. The molecule has 0 atom stereocenters. The van der Waals surface area contributed by atoms with Crippen molar-refractivity contribution in [2.75, 3.05) is 39.4 Å². The van der Waals surface area contributed by atoms with Gasteiger partial charge in [-0.1, -0.05) is 48.0 Å². The van der Waals surface area contributed by atoms with Gasteiger partial charge in [-0.05, 0) is 23.3 Å². The Kier molecular flexibility index (Phi) is 9.23. The van der Waals surface area contributed by atoms with Crippen LogP contribution in [0.5, 0.6) is 5.75 Å². The smallest absolute Gasteiger partial charge is 0.138 e. The molecule has 1 aliphatic heterocycles. The molecule has 142 valence electrons. The Labute approximate surface area is 166 Å². The van der Waals surface area contributed by atoms with Gasteiger partial charge in [0.1, 0.15) is 12.4 Å². The maximum atomic E-state index is 6.36. The molecule has 2 aromatic carbocycles. The first-order valence-electron chi connectivity index (χ1n) is 8.77. The van der Waals surface area contributed by atoms with Gasteiger partial charge in [0, 0.05) is 32.7 Å². The Morgan fingerprint density at radius 2 is 1.81 bits per heavy atom. The zero-order valence-electron chi connectivity index (χ0n) is 14.8. The Bertz CT molecular complexity index is 650. The van der Waals surface area contributed by atoms with Crippen LogP contribution in [0.2, 0.25) is 5.02 Å². The van der Waals surface area contributed by atoms with E-state index in [9.17, 15) is 0 Å². The Hall–Kier alpha value is -1.30. The number of rotatable bonds is 8. The van der Waals surface area contributed by atoms with Crippen molar-refractivity contribution >= 4 is 24.0 Å². The standard InChI is InChI=1S/C20H25ClN2O2.ClH/c21-19-14-18(15-22-8-9-23-10-12-24-13-11-23)6-7-20(19)25-16-17-4-2-1-3-5-17;/h1-7,14,22H,8-13,15-16H2;1H. The lowest BCUT2D eigenvalue weighted by atomic mass is 10.2. The highest BCUT2D eigenvalue weighted by molar-refractivity contribution is 6.32. The molecule has 2 aromatic rings. The van der Waals surface area contributed by atoms with E-state index < -0.39 is 0 Å². The Balaban J connectivity index is 0.00000243. The highest BCUT2D eigenvalue weighted by atomic mass is 35.5. The molecule has 0 aromatic heterocycles. The van der Waals surface area contributed by atoms with Crippen molar-refractivity contribution in [1.82, 2.24) is 10.2 Å². The second-order valence-corrected chi connectivity index (χ2v) is 6.58. The molecular formula is C20H26Cl2N2O2. The number of morpholine rings is 1. The molecule has 0 bridgehead atoms. The molecule has 0 aliphatic carbocycles. The quantitative estimate of drug-likeness (QED) is 0.688. The van der Waals surface area contributed by atoms with Crippen molar-refractivity contribution < 1.29 is 9.47 Å². The lowest BCUT2D eigenvalue weighted by molar-refractivity contribution is 0.0384. The number of hydrogen-bond donors (Lipinski definition) is 1. The largest absolute Gasteiger partial charge is 0.487 e. The van der Waals surface area contributed by atoms with Crippen molar-refractivity contribution in [1.29, 1.82) is 0 Å². The molecule has 0 amide bonds. The summed E-state index contributed by atoms with van der Waals surface area (Å²) in [7, 11) is 0. The van der Waals surface area contributed by atoms with Gasteiger partial charge < -0.3 is 14.8 Å². The van der Waals surface area contributed by atoms with Gasteiger partial charge in [-0.2, -0.15) is 0 Å². The first kappa shape index (κ1) is 21.0. The van der Waals surface area contributed by atoms with Gasteiger partial charge in [0.25, 0.3) is 0 Å². The Morgan fingerprint density at radius 3 is 2.54 bits per heavy atom. The first-order chi connectivity index (χ1) is 12.3. The minimum absolute atomic E-state index is 0.